The third-order valence-corrected chi connectivity index (χ3v) is 4.98. The summed E-state index contributed by atoms with van der Waals surface area (Å²) in [6.45, 7) is 3.80. The van der Waals surface area contributed by atoms with Crippen molar-refractivity contribution in [3.8, 4) is 10.8 Å². The molecule has 3 aromatic rings. The first-order chi connectivity index (χ1) is 13.0. The van der Waals surface area contributed by atoms with E-state index in [4.69, 9.17) is 9.15 Å². The molecule has 0 fully saturated rings. The number of furan rings is 1. The van der Waals surface area contributed by atoms with Gasteiger partial charge in [0.25, 0.3) is 5.91 Å². The molecule has 2 aromatic heterocycles. The van der Waals surface area contributed by atoms with Crippen LogP contribution in [-0.4, -0.2) is 34.9 Å². The van der Waals surface area contributed by atoms with Gasteiger partial charge in [-0.25, -0.2) is 9.78 Å². The second-order valence-corrected chi connectivity index (χ2v) is 7.33. The topological polar surface area (TPSA) is 72.6 Å². The van der Waals surface area contributed by atoms with Crippen LogP contribution in [0.1, 0.15) is 27.9 Å². The minimum absolute atomic E-state index is 0.205. The molecule has 27 heavy (non-hydrogen) atoms. The van der Waals surface area contributed by atoms with E-state index < -0.39 is 12.1 Å². The Morgan fingerprint density at radius 2 is 1.96 bits per heavy atom. The van der Waals surface area contributed by atoms with Crippen molar-refractivity contribution in [1.82, 2.24) is 9.88 Å². The normalized spacial score (nSPS) is 11.8. The van der Waals surface area contributed by atoms with Gasteiger partial charge in [-0.2, -0.15) is 0 Å². The summed E-state index contributed by atoms with van der Waals surface area (Å²) in [5.41, 5.74) is 1.21. The number of rotatable bonds is 6. The molecule has 0 radical (unpaired) electrons. The molecule has 0 saturated carbocycles. The smallest absolute Gasteiger partial charge is 0.358 e. The summed E-state index contributed by atoms with van der Waals surface area (Å²) in [5, 5.41) is 0.602. The number of ether oxygens (including phenoxy) is 1. The number of amides is 1. The van der Waals surface area contributed by atoms with Crippen LogP contribution in [0.2, 0.25) is 0 Å². The lowest BCUT2D eigenvalue weighted by Crippen LogP contribution is -2.37. The van der Waals surface area contributed by atoms with Crippen LogP contribution in [0.5, 0.6) is 0 Å². The van der Waals surface area contributed by atoms with E-state index in [1.54, 1.807) is 39.3 Å². The Balaban J connectivity index is 1.64. The van der Waals surface area contributed by atoms with Crippen LogP contribution in [0.25, 0.3) is 10.8 Å². The first kappa shape index (κ1) is 18.8. The number of esters is 1. The summed E-state index contributed by atoms with van der Waals surface area (Å²) in [6.07, 6.45) is 0.646. The molecule has 7 heteroatoms. The molecule has 0 aliphatic rings. The van der Waals surface area contributed by atoms with Crippen LogP contribution in [0, 0.1) is 6.92 Å². The fourth-order valence-corrected chi connectivity index (χ4v) is 3.47. The quantitative estimate of drug-likeness (QED) is 0.603. The van der Waals surface area contributed by atoms with Crippen LogP contribution in [0.15, 0.2) is 53.1 Å². The number of aromatic nitrogens is 1. The van der Waals surface area contributed by atoms with E-state index in [2.05, 4.69) is 4.98 Å². The number of hydrogen-bond donors (Lipinski definition) is 0. The van der Waals surface area contributed by atoms with Crippen molar-refractivity contribution in [3.05, 3.63) is 64.9 Å². The van der Waals surface area contributed by atoms with Gasteiger partial charge < -0.3 is 14.1 Å². The summed E-state index contributed by atoms with van der Waals surface area (Å²) in [6, 6.07) is 13.2. The van der Waals surface area contributed by atoms with Crippen LogP contribution in [-0.2, 0) is 16.1 Å². The number of carbonyl (C=O) groups is 2. The van der Waals surface area contributed by atoms with Crippen molar-refractivity contribution in [1.29, 1.82) is 0 Å². The monoisotopic (exact) mass is 384 g/mol. The van der Waals surface area contributed by atoms with Crippen LogP contribution in [0.3, 0.4) is 0 Å². The average molecular weight is 384 g/mol. The van der Waals surface area contributed by atoms with Gasteiger partial charge >= 0.3 is 5.97 Å². The van der Waals surface area contributed by atoms with Crippen molar-refractivity contribution in [2.45, 2.75) is 26.5 Å². The highest BCUT2D eigenvalue weighted by Crippen LogP contribution is 2.28. The predicted molar refractivity (Wildman–Crippen MR) is 102 cm³/mol. The average Bonchev–Trinajstić information content (AvgIpc) is 3.31. The van der Waals surface area contributed by atoms with Gasteiger partial charge in [0.1, 0.15) is 0 Å². The Bertz CT molecular complexity index is 919. The van der Waals surface area contributed by atoms with E-state index in [0.29, 0.717) is 22.2 Å². The van der Waals surface area contributed by atoms with Gasteiger partial charge in [-0.05, 0) is 31.5 Å². The molecule has 2 heterocycles. The number of aryl methyl sites for hydroxylation is 1. The van der Waals surface area contributed by atoms with E-state index in [1.165, 1.54) is 16.2 Å². The van der Waals surface area contributed by atoms with Crippen molar-refractivity contribution in [3.63, 3.8) is 0 Å². The van der Waals surface area contributed by atoms with Crippen molar-refractivity contribution in [2.75, 3.05) is 7.05 Å². The highest BCUT2D eigenvalue weighted by Gasteiger charge is 2.25. The zero-order valence-electron chi connectivity index (χ0n) is 15.3. The van der Waals surface area contributed by atoms with Gasteiger partial charge in [-0.1, -0.05) is 30.3 Å². The molecule has 6 nitrogen and oxygen atoms in total. The molecule has 0 aliphatic carbocycles. The highest BCUT2D eigenvalue weighted by molar-refractivity contribution is 7.15. The fraction of sp³-hybridized carbons (Fsp3) is 0.250. The summed E-state index contributed by atoms with van der Waals surface area (Å²) in [5.74, 6) is -0.296. The molecule has 1 unspecified atom stereocenters. The number of hydrogen-bond acceptors (Lipinski definition) is 6. The zero-order valence-corrected chi connectivity index (χ0v) is 16.2. The summed E-state index contributed by atoms with van der Waals surface area (Å²) >= 11 is 1.34. The molecular weight excluding hydrogens is 364 g/mol. The van der Waals surface area contributed by atoms with Gasteiger partial charge in [0.15, 0.2) is 22.6 Å². The zero-order chi connectivity index (χ0) is 19.4. The number of thiazole rings is 1. The first-order valence-corrected chi connectivity index (χ1v) is 9.28. The highest BCUT2D eigenvalue weighted by atomic mass is 32.1. The second kappa shape index (κ2) is 8.18. The van der Waals surface area contributed by atoms with Gasteiger partial charge in [-0.3, -0.25) is 4.79 Å². The molecule has 1 atom stereocenters. The molecule has 3 rings (SSSR count). The van der Waals surface area contributed by atoms with E-state index in [0.717, 1.165) is 5.56 Å². The lowest BCUT2D eigenvalue weighted by Gasteiger charge is -2.21. The largest absolute Gasteiger partial charge is 0.462 e. The Morgan fingerprint density at radius 1 is 1.22 bits per heavy atom. The molecule has 0 bridgehead atoms. The van der Waals surface area contributed by atoms with Gasteiger partial charge in [0, 0.05) is 18.5 Å². The molecule has 0 aliphatic heterocycles. The molecule has 0 N–H and O–H groups in total. The lowest BCUT2D eigenvalue weighted by molar-refractivity contribution is -0.139. The van der Waals surface area contributed by atoms with Crippen LogP contribution >= 0.6 is 11.3 Å². The number of nitrogens with zero attached hydrogens (tertiary/aromatic N) is 2. The Hall–Kier alpha value is -2.93. The van der Waals surface area contributed by atoms with Crippen molar-refractivity contribution >= 4 is 23.2 Å². The van der Waals surface area contributed by atoms with E-state index in [1.807, 2.05) is 30.3 Å². The first-order valence-electron chi connectivity index (χ1n) is 8.47. The number of carbonyl (C=O) groups excluding carboxylic acids is 2. The lowest BCUT2D eigenvalue weighted by atomic mass is 10.2. The minimum Gasteiger partial charge on any atom is -0.462 e. The van der Waals surface area contributed by atoms with Crippen molar-refractivity contribution in [2.24, 2.45) is 0 Å². The maximum Gasteiger partial charge on any atom is 0.358 e. The van der Waals surface area contributed by atoms with Crippen LogP contribution in [0.4, 0.5) is 0 Å². The molecule has 0 saturated heterocycles. The Morgan fingerprint density at radius 3 is 2.63 bits per heavy atom. The molecule has 0 spiro atoms. The molecule has 140 valence electrons. The fourth-order valence-electron chi connectivity index (χ4n) is 2.60. The van der Waals surface area contributed by atoms with E-state index >= 15 is 0 Å². The molecule has 1 amide bonds. The summed E-state index contributed by atoms with van der Waals surface area (Å²) in [4.78, 5) is 31.5. The van der Waals surface area contributed by atoms with Crippen LogP contribution < -0.4 is 0 Å². The van der Waals surface area contributed by atoms with Crippen molar-refractivity contribution < 1.29 is 18.7 Å². The SMILES string of the molecule is Cc1sc(-c2ccco2)nc1C(=O)OC(C)C(=O)N(C)Cc1ccccc1. The third kappa shape index (κ3) is 4.43. The molecular formula is C20H20N2O4S. The predicted octanol–water partition coefficient (Wildman–Crippen LogP) is 3.92. The number of likely N-dealkylation sites (N-methyl/N-ethyl adjacent to an activating group) is 1. The minimum atomic E-state index is -0.903. The maximum atomic E-state index is 12.5. The van der Waals surface area contributed by atoms with Gasteiger partial charge in [-0.15, -0.1) is 11.3 Å². The summed E-state index contributed by atoms with van der Waals surface area (Å²) < 4.78 is 10.7. The van der Waals surface area contributed by atoms with E-state index in [9.17, 15) is 9.59 Å². The van der Waals surface area contributed by atoms with Gasteiger partial charge in [0.2, 0.25) is 0 Å². The van der Waals surface area contributed by atoms with Gasteiger partial charge in [0.05, 0.1) is 6.26 Å². The summed E-state index contributed by atoms with van der Waals surface area (Å²) in [7, 11) is 1.68. The second-order valence-electron chi connectivity index (χ2n) is 6.13. The molecule has 1 aromatic carbocycles. The Kier molecular flexibility index (Phi) is 5.71. The number of benzene rings is 1. The maximum absolute atomic E-state index is 12.5. The Labute approximate surface area is 161 Å². The van der Waals surface area contributed by atoms with E-state index in [-0.39, 0.29) is 11.6 Å². The standard InChI is InChI=1S/C20H20N2O4S/c1-13(19(23)22(3)12-15-8-5-4-6-9-15)26-20(24)17-14(2)27-18(21-17)16-10-7-11-25-16/h4-11,13H,12H2,1-3H3. The third-order valence-electron chi connectivity index (χ3n) is 3.99.